The minimum absolute atomic E-state index is 2.31. The third-order valence-corrected chi connectivity index (χ3v) is 12.3. The molecule has 192 valence electrons. The highest BCUT2D eigenvalue weighted by Crippen LogP contribution is 2.70. The fourth-order valence-electron chi connectivity index (χ4n) is 3.30. The Morgan fingerprint density at radius 1 is 0.515 bits per heavy atom. The molecule has 0 aromatic carbocycles. The Morgan fingerprint density at radius 2 is 0.818 bits per heavy atom. The van der Waals surface area contributed by atoms with Crippen molar-refractivity contribution in [1.82, 2.24) is 0 Å². The normalized spacial score (nSPS) is 62.0. The van der Waals surface area contributed by atoms with Crippen molar-refractivity contribution in [3.8, 4) is 0 Å². The van der Waals surface area contributed by atoms with E-state index < -0.39 is 83.3 Å². The highest BCUT2D eigenvalue weighted by atomic mass is 31.3. The van der Waals surface area contributed by atoms with Crippen LogP contribution in [-0.2, 0) is 62.9 Å². The molecule has 20 nitrogen and oxygen atoms in total. The lowest BCUT2D eigenvalue weighted by molar-refractivity contribution is -0.256. The Hall–Kier alpha value is 0.850. The topological polar surface area (TPSA) is 301 Å². The minimum Gasteiger partial charge on any atom is -0.788 e. The number of fused-ring (bicyclic) bond motifs is 6. The summed E-state index contributed by atoms with van der Waals surface area (Å²) in [7, 11) is -33.5. The summed E-state index contributed by atoms with van der Waals surface area (Å²) in [6, 6.07) is 0. The molecule has 26 heteroatoms. The summed E-state index contributed by atoms with van der Waals surface area (Å²) < 4.78 is 99.7. The molecule has 2 N–H and O–H groups in total. The minimum atomic E-state index is -5.88. The predicted molar refractivity (Wildman–Crippen MR) is 89.0 cm³/mol. The van der Waals surface area contributed by atoms with E-state index in [1.54, 1.807) is 0 Å². The highest BCUT2D eigenvalue weighted by Gasteiger charge is 2.64. The maximum Gasteiger partial charge on any atom is 0.479 e. The number of rotatable bonds is 0. The summed E-state index contributed by atoms with van der Waals surface area (Å²) >= 11 is 0. The molecule has 0 amide bonds. The van der Waals surface area contributed by atoms with Crippen LogP contribution in [0.3, 0.4) is 0 Å². The molecule has 0 aromatic rings. The van der Waals surface area contributed by atoms with Gasteiger partial charge in [0.15, 0.2) is 0 Å². The molecule has 1 saturated carbocycles. The quantitative estimate of drug-likeness (QED) is 0.273. The van der Waals surface area contributed by atoms with Crippen molar-refractivity contribution < 1.29 is 92.3 Å². The number of phosphoric ester groups is 5. The van der Waals surface area contributed by atoms with Crippen LogP contribution in [0.1, 0.15) is 0 Å². The van der Waals surface area contributed by atoms with Gasteiger partial charge in [-0.3, -0.25) is 27.1 Å². The first-order valence-electron chi connectivity index (χ1n) is 7.96. The van der Waals surface area contributed by atoms with Crippen molar-refractivity contribution >= 4 is 53.0 Å². The van der Waals surface area contributed by atoms with Gasteiger partial charge in [-0.15, -0.1) is 0 Å². The average Bonchev–Trinajstić information content (AvgIpc) is 2.74. The maximum atomic E-state index is 12.4. The van der Waals surface area contributed by atoms with Crippen LogP contribution in [0.4, 0.5) is 0 Å². The smallest absolute Gasteiger partial charge is 0.479 e. The van der Waals surface area contributed by atoms with E-state index >= 15 is 0 Å². The summed E-state index contributed by atoms with van der Waals surface area (Å²) in [5, 5.41) is 0. The molecule has 4 aliphatic rings. The summed E-state index contributed by atoms with van der Waals surface area (Å²) in [5.41, 5.74) is 0. The lowest BCUT2D eigenvalue weighted by atomic mass is 9.85. The number of phosphoric acid groups is 5. The molecule has 0 bridgehead atoms. The van der Waals surface area contributed by atoms with Gasteiger partial charge in [-0.25, -0.2) is 17.8 Å². The van der Waals surface area contributed by atoms with E-state index in [2.05, 4.69) is 41.9 Å². The highest BCUT2D eigenvalue weighted by molar-refractivity contribution is 7.66. The molecule has 4 fully saturated rings. The predicted octanol–water partition coefficient (Wildman–Crippen LogP) is -2.44. The van der Waals surface area contributed by atoms with Gasteiger partial charge in [-0.1, -0.05) is 6.30 Å². The first-order chi connectivity index (χ1) is 14.7. The second-order valence-corrected chi connectivity index (χ2v) is 15.6. The zero-order valence-electron chi connectivity index (χ0n) is 15.1. The van der Waals surface area contributed by atoms with Crippen LogP contribution in [0.5, 0.6) is 0 Å². The molecule has 12 atom stereocenters. The van der Waals surface area contributed by atoms with Crippen molar-refractivity contribution in [2.24, 2.45) is 0 Å². The van der Waals surface area contributed by atoms with Crippen molar-refractivity contribution in [2.45, 2.75) is 36.6 Å². The second-order valence-electron chi connectivity index (χ2n) is 6.55. The van der Waals surface area contributed by atoms with E-state index in [0.29, 0.717) is 0 Å². The Bertz CT molecular complexity index is 896. The fourth-order valence-corrected chi connectivity index (χ4v) is 10.8. The van der Waals surface area contributed by atoms with Gasteiger partial charge >= 0.3 is 15.6 Å². The van der Waals surface area contributed by atoms with Gasteiger partial charge in [0.05, 0.1) is 7.57 Å². The Morgan fingerprint density at radius 3 is 1.24 bits per heavy atom. The van der Waals surface area contributed by atoms with Crippen LogP contribution in [0.25, 0.3) is 0 Å². The summed E-state index contributed by atoms with van der Waals surface area (Å²) in [6.07, 6.45) is -11.5. The fraction of sp³-hybridized carbons (Fsp3) is 0.857. The SMILES string of the molecule is C=P1([O-])OC2C3OP(=O)([O-])OP(=O)([O-])OC3C3OP(=O)([O-])OP(=O)(O)OC3C2OP(=O)(O)O1. The molecule has 33 heavy (non-hydrogen) atoms. The van der Waals surface area contributed by atoms with Crippen LogP contribution in [0.2, 0.25) is 0 Å². The molecule has 3 saturated heterocycles. The van der Waals surface area contributed by atoms with Gasteiger partial charge < -0.3 is 47.5 Å². The molecule has 12 unspecified atom stereocenters. The van der Waals surface area contributed by atoms with Crippen molar-refractivity contribution in [1.29, 1.82) is 0 Å². The van der Waals surface area contributed by atoms with E-state index in [9.17, 15) is 52.2 Å². The zero-order chi connectivity index (χ0) is 24.8. The van der Waals surface area contributed by atoms with Gasteiger partial charge in [0.25, 0.3) is 23.5 Å². The Balaban J connectivity index is 1.92. The summed E-state index contributed by atoms with van der Waals surface area (Å²) in [6.45, 7) is 0. The zero-order valence-corrected chi connectivity index (χ0v) is 20.5. The van der Waals surface area contributed by atoms with Crippen LogP contribution in [0, 0.1) is 0 Å². The molecule has 0 radical (unpaired) electrons. The molecule has 3 aliphatic heterocycles. The Labute approximate surface area is 182 Å². The first-order valence-corrected chi connectivity index (χ1v) is 17.1. The number of hydrogen-bond donors (Lipinski definition) is 2. The van der Waals surface area contributed by atoms with Crippen molar-refractivity contribution in [2.75, 3.05) is 0 Å². The van der Waals surface area contributed by atoms with Crippen LogP contribution in [-0.4, -0.2) is 52.7 Å². The molecular formula is C7H10O20P6-4. The average molecular weight is 600 g/mol. The van der Waals surface area contributed by atoms with Gasteiger partial charge in [0.1, 0.15) is 36.6 Å². The monoisotopic (exact) mass is 600 g/mol. The van der Waals surface area contributed by atoms with Crippen LogP contribution < -0.4 is 19.6 Å². The van der Waals surface area contributed by atoms with Crippen LogP contribution in [0.15, 0.2) is 0 Å². The van der Waals surface area contributed by atoms with Crippen molar-refractivity contribution in [3.63, 3.8) is 0 Å². The van der Waals surface area contributed by atoms with Gasteiger partial charge in [-0.05, 0) is 0 Å². The van der Waals surface area contributed by atoms with E-state index in [4.69, 9.17) is 4.52 Å². The largest absolute Gasteiger partial charge is 0.788 e. The lowest BCUT2D eigenvalue weighted by Gasteiger charge is -2.48. The third kappa shape index (κ3) is 5.89. The lowest BCUT2D eigenvalue weighted by Crippen LogP contribution is -2.65. The molecule has 1 aliphatic carbocycles. The molecule has 0 aromatic heterocycles. The number of hydrogen-bond acceptors (Lipinski definition) is 18. The van der Waals surface area contributed by atoms with E-state index in [-0.39, 0.29) is 0 Å². The standard InChI is InChI=1S/C7H13O20P6/c1-28(8)19-2-3(20-29(9,10)25-28)5-7(24-33(17,18)27-31(13,14)22-5)6-4(2)21-30(11,12)26-32(15,16)23-6/h2-7H,1H2,(H5-,8,9,10,11,12,13,14,15,16,17,18)/q-1/p-3. The van der Waals surface area contributed by atoms with Gasteiger partial charge in [0.2, 0.25) is 0 Å². The van der Waals surface area contributed by atoms with Gasteiger partial charge in [0, 0.05) is 0 Å². The molecule has 0 spiro atoms. The van der Waals surface area contributed by atoms with E-state index in [1.165, 1.54) is 0 Å². The maximum absolute atomic E-state index is 12.4. The van der Waals surface area contributed by atoms with E-state index in [0.717, 1.165) is 0 Å². The molecular weight excluding hydrogens is 590 g/mol. The molecule has 3 heterocycles. The van der Waals surface area contributed by atoms with Crippen molar-refractivity contribution in [3.05, 3.63) is 0 Å². The molecule has 4 rings (SSSR count). The van der Waals surface area contributed by atoms with E-state index in [1.807, 2.05) is 0 Å². The van der Waals surface area contributed by atoms with Crippen LogP contribution >= 0.6 is 46.7 Å². The summed E-state index contributed by atoms with van der Waals surface area (Å²) in [5.74, 6) is 0. The second kappa shape index (κ2) is 8.17. The first kappa shape index (κ1) is 26.9. The third-order valence-electron chi connectivity index (χ3n) is 4.12. The Kier molecular flexibility index (Phi) is 6.66. The summed E-state index contributed by atoms with van der Waals surface area (Å²) in [4.78, 5) is 67.7. The van der Waals surface area contributed by atoms with Gasteiger partial charge in [-0.2, -0.15) is 0 Å².